The largest absolute Gasteiger partial charge is 0.416 e. The monoisotopic (exact) mass is 557 g/mol. The van der Waals surface area contributed by atoms with Gasteiger partial charge in [-0.1, -0.05) is 13.8 Å². The molecule has 0 saturated carbocycles. The molecular weight excluding hydrogens is 526 g/mol. The molecule has 0 aliphatic carbocycles. The number of carbonyl (C=O) groups is 2. The van der Waals surface area contributed by atoms with E-state index in [0.29, 0.717) is 44.1 Å². The third kappa shape index (κ3) is 7.03. The molecule has 0 radical (unpaired) electrons. The van der Waals surface area contributed by atoms with Crippen molar-refractivity contribution < 1.29 is 35.6 Å². The van der Waals surface area contributed by atoms with Crippen LogP contribution in [0, 0.1) is 11.7 Å². The molecule has 0 bridgehead atoms. The summed E-state index contributed by atoms with van der Waals surface area (Å²) in [5.74, 6) is -3.02. The zero-order chi connectivity index (χ0) is 28.5. The molecule has 38 heavy (non-hydrogen) atoms. The molecule has 0 aromatic heterocycles. The second kappa shape index (κ2) is 10.9. The molecule has 2 N–H and O–H groups in total. The van der Waals surface area contributed by atoms with Gasteiger partial charge in [-0.25, -0.2) is 12.8 Å². The molecule has 12 heteroatoms. The van der Waals surface area contributed by atoms with Gasteiger partial charge in [0.15, 0.2) is 9.84 Å². The van der Waals surface area contributed by atoms with E-state index in [1.54, 1.807) is 30.9 Å². The molecule has 2 amide bonds. The number of benzene rings is 2. The minimum atomic E-state index is -4.75. The summed E-state index contributed by atoms with van der Waals surface area (Å²) in [7, 11) is -3.31. The van der Waals surface area contributed by atoms with Crippen LogP contribution in [0.5, 0.6) is 0 Å². The number of anilines is 1. The number of alkyl halides is 3. The summed E-state index contributed by atoms with van der Waals surface area (Å²) in [6.45, 7) is 6.04. The maximum Gasteiger partial charge on any atom is 0.416 e. The minimum absolute atomic E-state index is 0.209. The number of rotatable bonds is 7. The smallest absolute Gasteiger partial charge is 0.380 e. The van der Waals surface area contributed by atoms with Crippen molar-refractivity contribution in [2.45, 2.75) is 56.3 Å². The number of carbonyl (C=O) groups excluding carboxylic acids is 2. The quantitative estimate of drug-likeness (QED) is 0.489. The summed E-state index contributed by atoms with van der Waals surface area (Å²) in [5, 5.41) is 5.81. The molecule has 7 nitrogen and oxygen atoms in total. The van der Waals surface area contributed by atoms with Crippen molar-refractivity contribution in [3.8, 4) is 0 Å². The van der Waals surface area contributed by atoms with Crippen molar-refractivity contribution in [3.05, 3.63) is 59.4 Å². The Balaban J connectivity index is 1.67. The van der Waals surface area contributed by atoms with Crippen molar-refractivity contribution in [2.24, 2.45) is 5.92 Å². The summed E-state index contributed by atoms with van der Waals surface area (Å²) in [5.41, 5.74) is -1.60. The van der Waals surface area contributed by atoms with Crippen molar-refractivity contribution in [1.82, 2.24) is 10.2 Å². The summed E-state index contributed by atoms with van der Waals surface area (Å²) < 4.78 is 76.7. The van der Waals surface area contributed by atoms with Crippen molar-refractivity contribution in [2.75, 3.05) is 24.7 Å². The number of likely N-dealkylation sites (tertiary alicyclic amines) is 1. The summed E-state index contributed by atoms with van der Waals surface area (Å²) in [6, 6.07) is 6.90. The van der Waals surface area contributed by atoms with Gasteiger partial charge in [-0.2, -0.15) is 13.2 Å². The molecule has 1 heterocycles. The fourth-order valence-corrected chi connectivity index (χ4v) is 4.91. The summed E-state index contributed by atoms with van der Waals surface area (Å²) in [6.07, 6.45) is -2.52. The van der Waals surface area contributed by atoms with E-state index in [0.717, 1.165) is 11.9 Å². The average Bonchev–Trinajstić information content (AvgIpc) is 2.81. The molecule has 2 aromatic rings. The number of halogens is 4. The lowest BCUT2D eigenvalue weighted by Crippen LogP contribution is -2.56. The summed E-state index contributed by atoms with van der Waals surface area (Å²) in [4.78, 5) is 27.8. The highest BCUT2D eigenvalue weighted by Gasteiger charge is 2.37. The van der Waals surface area contributed by atoms with Gasteiger partial charge in [0, 0.05) is 30.6 Å². The molecule has 2 aromatic carbocycles. The van der Waals surface area contributed by atoms with E-state index in [1.165, 1.54) is 12.1 Å². The van der Waals surface area contributed by atoms with Crippen LogP contribution in [-0.4, -0.2) is 56.1 Å². The first kappa shape index (κ1) is 29.4. The Labute approximate surface area is 219 Å². The molecule has 3 rings (SSSR count). The van der Waals surface area contributed by atoms with Gasteiger partial charge in [0.2, 0.25) is 5.91 Å². The van der Waals surface area contributed by atoms with Crippen LogP contribution in [0.4, 0.5) is 23.2 Å². The van der Waals surface area contributed by atoms with Crippen molar-refractivity contribution >= 4 is 27.3 Å². The maximum atomic E-state index is 14.2. The maximum absolute atomic E-state index is 14.2. The second-order valence-electron chi connectivity index (χ2n) is 10.2. The molecule has 208 valence electrons. The fraction of sp³-hybridized carbons (Fsp3) is 0.462. The Bertz CT molecular complexity index is 1290. The van der Waals surface area contributed by atoms with Gasteiger partial charge in [0.25, 0.3) is 5.91 Å². The number of nitrogens with one attached hydrogen (secondary N) is 2. The van der Waals surface area contributed by atoms with Crippen LogP contribution in [0.2, 0.25) is 0 Å². The number of amides is 2. The Morgan fingerprint density at radius 1 is 1.03 bits per heavy atom. The van der Waals surface area contributed by atoms with Gasteiger partial charge in [0.05, 0.1) is 16.0 Å². The van der Waals surface area contributed by atoms with Gasteiger partial charge in [0.1, 0.15) is 11.9 Å². The standard InChI is InChI=1S/C26H31F4N3O4S/c1-16(2)22(31-23(34)20-15-17(26(28,29)30)5-10-21(20)27)24(35)33-13-11-25(3,12-14-33)32-18-6-8-19(9-7-18)38(4,36)37/h5-10,15-16,22,32H,11-14H2,1-4H3,(H,31,34). The second-order valence-corrected chi connectivity index (χ2v) is 12.2. The van der Waals surface area contributed by atoms with Crippen LogP contribution in [-0.2, 0) is 20.8 Å². The van der Waals surface area contributed by atoms with Gasteiger partial charge in [-0.15, -0.1) is 0 Å². The highest BCUT2D eigenvalue weighted by molar-refractivity contribution is 7.90. The highest BCUT2D eigenvalue weighted by atomic mass is 32.2. The first-order chi connectivity index (χ1) is 17.5. The van der Waals surface area contributed by atoms with E-state index >= 15 is 0 Å². The molecule has 1 fully saturated rings. The normalized spacial score (nSPS) is 16.7. The zero-order valence-electron chi connectivity index (χ0n) is 21.5. The van der Waals surface area contributed by atoms with Gasteiger partial charge in [-0.05, 0) is 68.1 Å². The number of nitrogens with zero attached hydrogens (tertiary/aromatic N) is 1. The predicted octanol–water partition coefficient (Wildman–Crippen LogP) is 4.50. The Morgan fingerprint density at radius 3 is 2.11 bits per heavy atom. The lowest BCUT2D eigenvalue weighted by Gasteiger charge is -2.42. The topological polar surface area (TPSA) is 95.6 Å². The van der Waals surface area contributed by atoms with Crippen LogP contribution >= 0.6 is 0 Å². The molecule has 1 unspecified atom stereocenters. The van der Waals surface area contributed by atoms with Gasteiger partial charge >= 0.3 is 6.18 Å². The van der Waals surface area contributed by atoms with E-state index in [4.69, 9.17) is 0 Å². The van der Waals surface area contributed by atoms with E-state index in [2.05, 4.69) is 10.6 Å². The highest BCUT2D eigenvalue weighted by Crippen LogP contribution is 2.31. The number of hydrogen-bond donors (Lipinski definition) is 2. The number of sulfone groups is 1. The van der Waals surface area contributed by atoms with Crippen LogP contribution < -0.4 is 10.6 Å². The lowest BCUT2D eigenvalue weighted by molar-refractivity contribution is -0.138. The molecule has 1 saturated heterocycles. The van der Waals surface area contributed by atoms with Gasteiger partial charge < -0.3 is 15.5 Å². The third-order valence-electron chi connectivity index (χ3n) is 6.66. The van der Waals surface area contributed by atoms with Crippen molar-refractivity contribution in [3.63, 3.8) is 0 Å². The number of hydrogen-bond acceptors (Lipinski definition) is 5. The van der Waals surface area contributed by atoms with E-state index < -0.39 is 56.7 Å². The van der Waals surface area contributed by atoms with Crippen molar-refractivity contribution in [1.29, 1.82) is 0 Å². The minimum Gasteiger partial charge on any atom is -0.380 e. The van der Waals surface area contributed by atoms with Crippen LogP contribution in [0.25, 0.3) is 0 Å². The average molecular weight is 558 g/mol. The SMILES string of the molecule is CC(C)C(NC(=O)c1cc(C(F)(F)F)ccc1F)C(=O)N1CCC(C)(Nc2ccc(S(C)(=O)=O)cc2)CC1. The third-order valence-corrected chi connectivity index (χ3v) is 7.79. The molecule has 0 spiro atoms. The van der Waals surface area contributed by atoms with Gasteiger partial charge in [-0.3, -0.25) is 9.59 Å². The molecule has 1 atom stereocenters. The zero-order valence-corrected chi connectivity index (χ0v) is 22.3. The molecule has 1 aliphatic heterocycles. The Kier molecular flexibility index (Phi) is 8.45. The van der Waals surface area contributed by atoms with E-state index in [1.807, 2.05) is 6.92 Å². The summed E-state index contributed by atoms with van der Waals surface area (Å²) >= 11 is 0. The van der Waals surface area contributed by atoms with E-state index in [9.17, 15) is 35.6 Å². The molecule has 1 aliphatic rings. The van der Waals surface area contributed by atoms with Crippen LogP contribution in [0.1, 0.15) is 49.5 Å². The lowest BCUT2D eigenvalue weighted by atomic mass is 9.88. The molecular formula is C26H31F4N3O4S. The van der Waals surface area contributed by atoms with Crippen LogP contribution in [0.3, 0.4) is 0 Å². The predicted molar refractivity (Wildman–Crippen MR) is 135 cm³/mol. The first-order valence-corrected chi connectivity index (χ1v) is 13.9. The Hall–Kier alpha value is -3.15. The van der Waals surface area contributed by atoms with E-state index in [-0.39, 0.29) is 10.4 Å². The van der Waals surface area contributed by atoms with Crippen LogP contribution in [0.15, 0.2) is 47.4 Å². The first-order valence-electron chi connectivity index (χ1n) is 12.0. The fourth-order valence-electron chi connectivity index (χ4n) is 4.28. The Morgan fingerprint density at radius 2 is 1.61 bits per heavy atom. The number of piperidine rings is 1.